The van der Waals surface area contributed by atoms with Crippen molar-refractivity contribution in [2.24, 2.45) is 0 Å². The summed E-state index contributed by atoms with van der Waals surface area (Å²) in [6, 6.07) is 12.4. The maximum absolute atomic E-state index is 13.6. The molecular formula is C28H29FN8O. The average Bonchev–Trinajstić information content (AvgIpc) is 3.64. The van der Waals surface area contributed by atoms with E-state index in [1.807, 2.05) is 35.9 Å². The van der Waals surface area contributed by atoms with E-state index < -0.39 is 0 Å². The van der Waals surface area contributed by atoms with Gasteiger partial charge in [-0.2, -0.15) is 10.2 Å². The third-order valence-corrected chi connectivity index (χ3v) is 7.13. The van der Waals surface area contributed by atoms with E-state index in [1.165, 1.54) is 25.0 Å². The van der Waals surface area contributed by atoms with Crippen molar-refractivity contribution >= 4 is 39.2 Å². The molecule has 6 rings (SSSR count). The van der Waals surface area contributed by atoms with E-state index in [1.54, 1.807) is 18.5 Å². The number of amides is 1. The van der Waals surface area contributed by atoms with Crippen LogP contribution in [-0.2, 0) is 6.54 Å². The highest BCUT2D eigenvalue weighted by atomic mass is 19.1. The highest BCUT2D eigenvalue weighted by molar-refractivity contribution is 6.04. The fourth-order valence-electron chi connectivity index (χ4n) is 5.19. The van der Waals surface area contributed by atoms with Gasteiger partial charge in [-0.15, -0.1) is 5.10 Å². The molecule has 1 fully saturated rings. The standard InChI is InChI=1S/C28H29FN8O/c1-18-25-23(34-26(18)28(38)30-9-12-36-10-2-3-11-36)16-31-35-27(25)33-22-7-8-24-20(14-22)15-32-37(24)17-19-5-4-6-21(29)13-19/h4-8,13-16,34H,2-3,9-12,17H2,1H3,(H,30,38)(H,33,35). The van der Waals surface area contributed by atoms with Gasteiger partial charge in [0, 0.05) is 29.5 Å². The Morgan fingerprint density at radius 3 is 2.84 bits per heavy atom. The maximum Gasteiger partial charge on any atom is 0.268 e. The number of halogens is 1. The third kappa shape index (κ3) is 4.82. The van der Waals surface area contributed by atoms with Crippen molar-refractivity contribution in [2.75, 3.05) is 31.5 Å². The van der Waals surface area contributed by atoms with Crippen molar-refractivity contribution in [3.8, 4) is 0 Å². The van der Waals surface area contributed by atoms with E-state index >= 15 is 0 Å². The van der Waals surface area contributed by atoms with Crippen LogP contribution in [0.5, 0.6) is 0 Å². The summed E-state index contributed by atoms with van der Waals surface area (Å²) in [5.41, 5.74) is 4.69. The minimum absolute atomic E-state index is 0.129. The molecule has 1 aliphatic heterocycles. The smallest absolute Gasteiger partial charge is 0.268 e. The van der Waals surface area contributed by atoms with Crippen LogP contribution in [0, 0.1) is 12.7 Å². The lowest BCUT2D eigenvalue weighted by Gasteiger charge is -2.14. The number of fused-ring (bicyclic) bond motifs is 2. The minimum atomic E-state index is -0.261. The summed E-state index contributed by atoms with van der Waals surface area (Å²) >= 11 is 0. The molecule has 0 unspecified atom stereocenters. The van der Waals surface area contributed by atoms with Crippen molar-refractivity contribution in [3.05, 3.63) is 77.5 Å². The lowest BCUT2D eigenvalue weighted by Crippen LogP contribution is -2.33. The molecular weight excluding hydrogens is 483 g/mol. The number of nitrogens with zero attached hydrogens (tertiary/aromatic N) is 5. The molecule has 3 N–H and O–H groups in total. The van der Waals surface area contributed by atoms with Gasteiger partial charge in [0.2, 0.25) is 0 Å². The van der Waals surface area contributed by atoms with E-state index in [4.69, 9.17) is 0 Å². The van der Waals surface area contributed by atoms with Crippen LogP contribution in [0.2, 0.25) is 0 Å². The molecule has 0 radical (unpaired) electrons. The van der Waals surface area contributed by atoms with Crippen molar-refractivity contribution in [3.63, 3.8) is 0 Å². The van der Waals surface area contributed by atoms with Gasteiger partial charge in [0.05, 0.1) is 30.0 Å². The number of carbonyl (C=O) groups is 1. The zero-order chi connectivity index (χ0) is 26.1. The number of aromatic amines is 1. The predicted molar refractivity (Wildman–Crippen MR) is 145 cm³/mol. The van der Waals surface area contributed by atoms with E-state index in [9.17, 15) is 9.18 Å². The number of H-pyrrole nitrogens is 1. The number of benzene rings is 2. The number of aryl methyl sites for hydroxylation is 1. The molecule has 2 aromatic carbocycles. The number of carbonyl (C=O) groups excluding carboxylic acids is 1. The van der Waals surface area contributed by atoms with E-state index in [0.29, 0.717) is 24.6 Å². The Balaban J connectivity index is 1.20. The lowest BCUT2D eigenvalue weighted by molar-refractivity contribution is 0.0945. The molecule has 0 atom stereocenters. The number of anilines is 2. The van der Waals surface area contributed by atoms with Gasteiger partial charge in [-0.25, -0.2) is 4.39 Å². The molecule has 0 spiro atoms. The average molecular weight is 513 g/mol. The number of likely N-dealkylation sites (tertiary alicyclic amines) is 1. The largest absolute Gasteiger partial charge is 0.349 e. The van der Waals surface area contributed by atoms with Gasteiger partial charge in [-0.1, -0.05) is 12.1 Å². The summed E-state index contributed by atoms with van der Waals surface area (Å²) < 4.78 is 15.4. The summed E-state index contributed by atoms with van der Waals surface area (Å²) in [5.74, 6) is 0.179. The molecule has 38 heavy (non-hydrogen) atoms. The van der Waals surface area contributed by atoms with Gasteiger partial charge >= 0.3 is 0 Å². The molecule has 3 aromatic heterocycles. The second-order valence-corrected chi connectivity index (χ2v) is 9.74. The van der Waals surface area contributed by atoms with Crippen LogP contribution >= 0.6 is 0 Å². The zero-order valence-corrected chi connectivity index (χ0v) is 21.2. The Morgan fingerprint density at radius 1 is 1.13 bits per heavy atom. The predicted octanol–water partition coefficient (Wildman–Crippen LogP) is 4.37. The summed E-state index contributed by atoms with van der Waals surface area (Å²) in [7, 11) is 0. The van der Waals surface area contributed by atoms with Gasteiger partial charge in [0.15, 0.2) is 5.82 Å². The molecule has 0 aliphatic carbocycles. The van der Waals surface area contributed by atoms with Gasteiger partial charge < -0.3 is 20.5 Å². The third-order valence-electron chi connectivity index (χ3n) is 7.13. The lowest BCUT2D eigenvalue weighted by atomic mass is 10.1. The first kappa shape index (κ1) is 24.1. The molecule has 1 aliphatic rings. The SMILES string of the molecule is Cc1c(C(=O)NCCN2CCCC2)[nH]c2cnnc(Nc3ccc4c(cnn4Cc4cccc(F)c4)c3)c12. The summed E-state index contributed by atoms with van der Waals surface area (Å²) in [5, 5.41) is 21.1. The molecule has 9 nitrogen and oxygen atoms in total. The van der Waals surface area contributed by atoms with E-state index in [-0.39, 0.29) is 11.7 Å². The number of nitrogens with one attached hydrogen (secondary N) is 3. The molecule has 5 aromatic rings. The molecule has 1 saturated heterocycles. The number of hydrogen-bond acceptors (Lipinski definition) is 6. The number of rotatable bonds is 8. The van der Waals surface area contributed by atoms with Crippen molar-refractivity contribution in [1.82, 2.24) is 35.2 Å². The van der Waals surface area contributed by atoms with Crippen LogP contribution in [-0.4, -0.2) is 61.9 Å². The molecule has 194 valence electrons. The Bertz CT molecular complexity index is 1620. The second kappa shape index (κ2) is 10.2. The molecule has 4 heterocycles. The van der Waals surface area contributed by atoms with E-state index in [2.05, 4.69) is 35.8 Å². The van der Waals surface area contributed by atoms with Crippen LogP contribution < -0.4 is 10.6 Å². The Labute approximate surface area is 219 Å². The van der Waals surface area contributed by atoms with Gasteiger partial charge in [-0.3, -0.25) is 9.48 Å². The molecule has 0 bridgehead atoms. The van der Waals surface area contributed by atoms with Gasteiger partial charge in [0.25, 0.3) is 5.91 Å². The second-order valence-electron chi connectivity index (χ2n) is 9.74. The first-order chi connectivity index (χ1) is 18.5. The Morgan fingerprint density at radius 2 is 2.00 bits per heavy atom. The monoisotopic (exact) mass is 512 g/mol. The van der Waals surface area contributed by atoms with Crippen LogP contribution in [0.25, 0.3) is 21.8 Å². The topological polar surface area (TPSA) is 104 Å². The highest BCUT2D eigenvalue weighted by Gasteiger charge is 2.19. The first-order valence-electron chi connectivity index (χ1n) is 12.9. The Hall–Kier alpha value is -4.31. The quantitative estimate of drug-likeness (QED) is 0.285. The van der Waals surface area contributed by atoms with Crippen LogP contribution in [0.15, 0.2) is 54.9 Å². The molecule has 1 amide bonds. The fourth-order valence-corrected chi connectivity index (χ4v) is 5.19. The van der Waals surface area contributed by atoms with Gasteiger partial charge in [0.1, 0.15) is 11.5 Å². The van der Waals surface area contributed by atoms with Crippen LogP contribution in [0.1, 0.15) is 34.5 Å². The first-order valence-corrected chi connectivity index (χ1v) is 12.9. The van der Waals surface area contributed by atoms with Crippen LogP contribution in [0.4, 0.5) is 15.9 Å². The summed E-state index contributed by atoms with van der Waals surface area (Å²) in [4.78, 5) is 18.5. The molecule has 10 heteroatoms. The number of hydrogen-bond donors (Lipinski definition) is 3. The van der Waals surface area contributed by atoms with Crippen molar-refractivity contribution in [2.45, 2.75) is 26.3 Å². The Kier molecular flexibility index (Phi) is 6.47. The summed E-state index contributed by atoms with van der Waals surface area (Å²) in [6.45, 7) is 6.08. The molecule has 0 saturated carbocycles. The van der Waals surface area contributed by atoms with Crippen molar-refractivity contribution in [1.29, 1.82) is 0 Å². The van der Waals surface area contributed by atoms with Gasteiger partial charge in [-0.05, 0) is 74.3 Å². The summed E-state index contributed by atoms with van der Waals surface area (Å²) in [6.07, 6.45) is 5.89. The zero-order valence-electron chi connectivity index (χ0n) is 21.2. The van der Waals surface area contributed by atoms with E-state index in [0.717, 1.165) is 58.3 Å². The highest BCUT2D eigenvalue weighted by Crippen LogP contribution is 2.30. The normalized spacial score (nSPS) is 13.9. The number of aromatic nitrogens is 5. The van der Waals surface area contributed by atoms with Crippen LogP contribution in [0.3, 0.4) is 0 Å². The fraction of sp³-hybridized carbons (Fsp3) is 0.286. The maximum atomic E-state index is 13.6. The van der Waals surface area contributed by atoms with Crippen molar-refractivity contribution < 1.29 is 9.18 Å². The minimum Gasteiger partial charge on any atom is -0.349 e.